The second kappa shape index (κ2) is 3.98. The molecule has 0 unspecified atom stereocenters. The van der Waals surface area contributed by atoms with Crippen molar-refractivity contribution in [2.45, 2.75) is 0 Å². The average molecular weight is 257 g/mol. The van der Waals surface area contributed by atoms with Crippen LogP contribution >= 0.6 is 0 Å². The summed E-state index contributed by atoms with van der Waals surface area (Å²) >= 11 is 0. The van der Waals surface area contributed by atoms with Crippen molar-refractivity contribution in [3.05, 3.63) is 36.4 Å². The molecule has 2 heterocycles. The van der Waals surface area contributed by atoms with Gasteiger partial charge in [0.15, 0.2) is 23.0 Å². The van der Waals surface area contributed by atoms with Crippen molar-refractivity contribution in [1.82, 2.24) is 0 Å². The van der Waals surface area contributed by atoms with Gasteiger partial charge in [-0.2, -0.15) is 0 Å². The quantitative estimate of drug-likeness (QED) is 0.896. The minimum Gasteiger partial charge on any atom is -0.454 e. The van der Waals surface area contributed by atoms with Gasteiger partial charge in [0, 0.05) is 23.5 Å². The van der Waals surface area contributed by atoms with Gasteiger partial charge in [-0.1, -0.05) is 0 Å². The molecule has 0 atom stereocenters. The Hall–Kier alpha value is -2.56. The molecule has 0 saturated carbocycles. The molecule has 1 N–H and O–H groups in total. The molecule has 19 heavy (non-hydrogen) atoms. The Kier molecular flexibility index (Phi) is 2.17. The van der Waals surface area contributed by atoms with Gasteiger partial charge in [-0.3, -0.25) is 0 Å². The van der Waals surface area contributed by atoms with Gasteiger partial charge in [0.1, 0.15) is 0 Å². The lowest BCUT2D eigenvalue weighted by Crippen LogP contribution is -1.93. The molecule has 0 saturated heterocycles. The minimum atomic E-state index is 0.281. The summed E-state index contributed by atoms with van der Waals surface area (Å²) in [5.74, 6) is 3.06. The van der Waals surface area contributed by atoms with E-state index in [9.17, 15) is 0 Å². The van der Waals surface area contributed by atoms with Crippen LogP contribution in [0.3, 0.4) is 0 Å². The molecular formula is C14H11NO4. The topological polar surface area (TPSA) is 49.0 Å². The van der Waals surface area contributed by atoms with Crippen LogP contribution in [0.25, 0.3) is 0 Å². The number of ether oxygens (including phenoxy) is 4. The molecule has 2 aliphatic heterocycles. The Morgan fingerprint density at radius 1 is 0.632 bits per heavy atom. The van der Waals surface area contributed by atoms with E-state index in [1.54, 1.807) is 0 Å². The molecule has 0 amide bonds. The van der Waals surface area contributed by atoms with Crippen molar-refractivity contribution in [2.24, 2.45) is 0 Å². The Morgan fingerprint density at radius 3 is 1.63 bits per heavy atom. The fourth-order valence-electron chi connectivity index (χ4n) is 2.12. The van der Waals surface area contributed by atoms with Gasteiger partial charge >= 0.3 is 0 Å². The third-order valence-corrected chi connectivity index (χ3v) is 3.03. The molecule has 2 aliphatic rings. The number of nitrogens with one attached hydrogen (secondary N) is 1. The molecule has 96 valence electrons. The molecule has 0 fully saturated rings. The van der Waals surface area contributed by atoms with E-state index in [0.29, 0.717) is 0 Å². The molecule has 4 rings (SSSR count). The highest BCUT2D eigenvalue weighted by Crippen LogP contribution is 2.37. The summed E-state index contributed by atoms with van der Waals surface area (Å²) in [6, 6.07) is 11.5. The summed E-state index contributed by atoms with van der Waals surface area (Å²) in [5, 5.41) is 3.29. The first kappa shape index (κ1) is 10.4. The van der Waals surface area contributed by atoms with Gasteiger partial charge < -0.3 is 24.3 Å². The largest absolute Gasteiger partial charge is 0.454 e. The van der Waals surface area contributed by atoms with Crippen molar-refractivity contribution >= 4 is 11.4 Å². The SMILES string of the molecule is c1cc2c(cc1Nc1ccc3c(c1)OCO3)OCO2. The van der Waals surface area contributed by atoms with Crippen molar-refractivity contribution < 1.29 is 18.9 Å². The zero-order valence-corrected chi connectivity index (χ0v) is 10.0. The van der Waals surface area contributed by atoms with Crippen LogP contribution in [0.15, 0.2) is 36.4 Å². The minimum absolute atomic E-state index is 0.281. The average Bonchev–Trinajstić information content (AvgIpc) is 3.05. The molecule has 2 aromatic carbocycles. The number of benzene rings is 2. The molecule has 0 bridgehead atoms. The molecule has 0 aromatic heterocycles. The van der Waals surface area contributed by atoms with Crippen LogP contribution in [-0.2, 0) is 0 Å². The van der Waals surface area contributed by atoms with E-state index in [-0.39, 0.29) is 13.6 Å². The lowest BCUT2D eigenvalue weighted by atomic mass is 10.2. The summed E-state index contributed by atoms with van der Waals surface area (Å²) in [5.41, 5.74) is 1.87. The maximum atomic E-state index is 5.34. The van der Waals surface area contributed by atoms with Crippen LogP contribution in [0.4, 0.5) is 11.4 Å². The lowest BCUT2D eigenvalue weighted by molar-refractivity contribution is 0.173. The molecule has 2 aromatic rings. The van der Waals surface area contributed by atoms with Gasteiger partial charge in [-0.25, -0.2) is 0 Å². The van der Waals surface area contributed by atoms with Crippen molar-refractivity contribution in [3.8, 4) is 23.0 Å². The van der Waals surface area contributed by atoms with E-state index >= 15 is 0 Å². The highest BCUT2D eigenvalue weighted by molar-refractivity contribution is 5.66. The maximum absolute atomic E-state index is 5.34. The van der Waals surface area contributed by atoms with E-state index in [1.807, 2.05) is 36.4 Å². The van der Waals surface area contributed by atoms with Crippen LogP contribution in [0.2, 0.25) is 0 Å². The predicted octanol–water partition coefficient (Wildman–Crippen LogP) is 2.89. The van der Waals surface area contributed by atoms with E-state index in [0.717, 1.165) is 34.4 Å². The Labute approximate surface area is 109 Å². The second-order valence-corrected chi connectivity index (χ2v) is 4.26. The van der Waals surface area contributed by atoms with Gasteiger partial charge in [-0.05, 0) is 24.3 Å². The third-order valence-electron chi connectivity index (χ3n) is 3.03. The first-order valence-corrected chi connectivity index (χ1v) is 5.95. The van der Waals surface area contributed by atoms with E-state index in [2.05, 4.69) is 5.32 Å². The fourth-order valence-corrected chi connectivity index (χ4v) is 2.12. The van der Waals surface area contributed by atoms with Crippen LogP contribution < -0.4 is 24.3 Å². The summed E-state index contributed by atoms with van der Waals surface area (Å²) in [6.45, 7) is 0.561. The monoisotopic (exact) mass is 257 g/mol. The first-order valence-electron chi connectivity index (χ1n) is 5.95. The van der Waals surface area contributed by atoms with E-state index in [4.69, 9.17) is 18.9 Å². The summed E-state index contributed by atoms with van der Waals surface area (Å²) in [4.78, 5) is 0. The third kappa shape index (κ3) is 1.79. The van der Waals surface area contributed by atoms with Crippen LogP contribution in [0.1, 0.15) is 0 Å². The zero-order chi connectivity index (χ0) is 12.7. The molecule has 0 radical (unpaired) electrons. The Morgan fingerprint density at radius 2 is 1.11 bits per heavy atom. The highest BCUT2D eigenvalue weighted by Gasteiger charge is 2.15. The molecule has 5 nitrogen and oxygen atoms in total. The number of hydrogen-bond donors (Lipinski definition) is 1. The highest BCUT2D eigenvalue weighted by atomic mass is 16.7. The number of anilines is 2. The van der Waals surface area contributed by atoms with E-state index < -0.39 is 0 Å². The fraction of sp³-hybridized carbons (Fsp3) is 0.143. The first-order chi connectivity index (χ1) is 9.38. The normalized spacial score (nSPS) is 14.5. The Balaban J connectivity index is 1.61. The van der Waals surface area contributed by atoms with Gasteiger partial charge in [0.25, 0.3) is 0 Å². The van der Waals surface area contributed by atoms with Crippen molar-refractivity contribution in [1.29, 1.82) is 0 Å². The zero-order valence-electron chi connectivity index (χ0n) is 10.0. The van der Waals surface area contributed by atoms with Crippen molar-refractivity contribution in [3.63, 3.8) is 0 Å². The predicted molar refractivity (Wildman–Crippen MR) is 68.4 cm³/mol. The number of hydrogen-bond acceptors (Lipinski definition) is 5. The van der Waals surface area contributed by atoms with E-state index in [1.165, 1.54) is 0 Å². The van der Waals surface area contributed by atoms with Crippen LogP contribution in [0, 0.1) is 0 Å². The van der Waals surface area contributed by atoms with Crippen LogP contribution in [-0.4, -0.2) is 13.6 Å². The molecular weight excluding hydrogens is 246 g/mol. The summed E-state index contributed by atoms with van der Waals surface area (Å²) in [6.07, 6.45) is 0. The van der Waals surface area contributed by atoms with Crippen LogP contribution in [0.5, 0.6) is 23.0 Å². The standard InChI is InChI=1S/C14H11NO4/c1-3-11-13(18-7-16-11)5-9(1)15-10-2-4-12-14(6-10)19-8-17-12/h1-6,15H,7-8H2. The smallest absolute Gasteiger partial charge is 0.231 e. The molecule has 0 spiro atoms. The van der Waals surface area contributed by atoms with Crippen molar-refractivity contribution in [2.75, 3.05) is 18.9 Å². The summed E-state index contributed by atoms with van der Waals surface area (Å²) in [7, 11) is 0. The second-order valence-electron chi connectivity index (χ2n) is 4.26. The van der Waals surface area contributed by atoms with Gasteiger partial charge in [-0.15, -0.1) is 0 Å². The lowest BCUT2D eigenvalue weighted by Gasteiger charge is -2.08. The molecule has 5 heteroatoms. The summed E-state index contributed by atoms with van der Waals surface area (Å²) < 4.78 is 21.2. The van der Waals surface area contributed by atoms with Gasteiger partial charge in [0.2, 0.25) is 13.6 Å². The Bertz CT molecular complexity index is 586. The number of rotatable bonds is 2. The van der Waals surface area contributed by atoms with Gasteiger partial charge in [0.05, 0.1) is 0 Å². The number of fused-ring (bicyclic) bond motifs is 2. The maximum Gasteiger partial charge on any atom is 0.231 e. The molecule has 0 aliphatic carbocycles.